The molecule has 0 saturated heterocycles. The number of carbonyl (C=O) groups is 1. The topological polar surface area (TPSA) is 20.3 Å². The van der Waals surface area contributed by atoms with Crippen LogP contribution in [-0.4, -0.2) is 16.8 Å². The zero-order valence-electron chi connectivity index (χ0n) is 12.1. The van der Waals surface area contributed by atoms with Gasteiger partial charge in [-0.2, -0.15) is 0 Å². The summed E-state index contributed by atoms with van der Waals surface area (Å²) in [6, 6.07) is 0.233. The Bertz CT molecular complexity index is 399. The fraction of sp³-hybridized carbons (Fsp3) is 0.588. The highest BCUT2D eigenvalue weighted by molar-refractivity contribution is 5.85. The van der Waals surface area contributed by atoms with Gasteiger partial charge in [-0.25, -0.2) is 0 Å². The molecule has 2 rings (SSSR count). The normalized spacial score (nSPS) is 24.5. The molecule has 1 aliphatic carbocycles. The first-order valence-corrected chi connectivity index (χ1v) is 7.37. The van der Waals surface area contributed by atoms with Gasteiger partial charge in [0.15, 0.2) is 0 Å². The van der Waals surface area contributed by atoms with Crippen LogP contribution in [0, 0.1) is 11.3 Å². The Kier molecular flexibility index (Phi) is 4.28. The fourth-order valence-corrected chi connectivity index (χ4v) is 3.00. The first kappa shape index (κ1) is 14.1. The molecule has 1 heterocycles. The zero-order valence-corrected chi connectivity index (χ0v) is 12.1. The highest BCUT2D eigenvalue weighted by Crippen LogP contribution is 2.33. The van der Waals surface area contributed by atoms with Gasteiger partial charge in [0.2, 0.25) is 5.91 Å². The van der Waals surface area contributed by atoms with Crippen LogP contribution < -0.4 is 0 Å². The average Bonchev–Trinajstić information content (AvgIpc) is 2.47. The Morgan fingerprint density at radius 1 is 1.26 bits per heavy atom. The van der Waals surface area contributed by atoms with E-state index in [0.29, 0.717) is 5.92 Å². The summed E-state index contributed by atoms with van der Waals surface area (Å²) in [5.41, 5.74) is -0.498. The number of hydrogen-bond donors (Lipinski definition) is 0. The van der Waals surface area contributed by atoms with Crippen molar-refractivity contribution in [3.63, 3.8) is 0 Å². The molecule has 2 heteroatoms. The summed E-state index contributed by atoms with van der Waals surface area (Å²) in [5.74, 6) is 0.762. The minimum atomic E-state index is -0.498. The summed E-state index contributed by atoms with van der Waals surface area (Å²) in [6.07, 6.45) is 16.3. The molecular weight excluding hydrogens is 234 g/mol. The van der Waals surface area contributed by atoms with Crippen molar-refractivity contribution < 1.29 is 4.79 Å². The van der Waals surface area contributed by atoms with E-state index in [1.54, 1.807) is 6.08 Å². The third-order valence-electron chi connectivity index (χ3n) is 4.42. The molecule has 0 aromatic carbocycles. The van der Waals surface area contributed by atoms with Crippen molar-refractivity contribution in [2.24, 2.45) is 11.3 Å². The molecule has 1 amide bonds. The molecule has 19 heavy (non-hydrogen) atoms. The third-order valence-corrected chi connectivity index (χ3v) is 4.42. The first-order chi connectivity index (χ1) is 9.06. The van der Waals surface area contributed by atoms with Gasteiger partial charge in [-0.3, -0.25) is 4.79 Å². The summed E-state index contributed by atoms with van der Waals surface area (Å²) in [5, 5.41) is 0. The average molecular weight is 259 g/mol. The molecular formula is C17H25NO. The van der Waals surface area contributed by atoms with Crippen LogP contribution >= 0.6 is 0 Å². The van der Waals surface area contributed by atoms with Gasteiger partial charge in [0.1, 0.15) is 0 Å². The zero-order chi connectivity index (χ0) is 13.9. The van der Waals surface area contributed by atoms with Crippen LogP contribution in [0.3, 0.4) is 0 Å². The van der Waals surface area contributed by atoms with Crippen molar-refractivity contribution in [2.75, 3.05) is 0 Å². The van der Waals surface area contributed by atoms with Crippen LogP contribution in [0.25, 0.3) is 0 Å². The summed E-state index contributed by atoms with van der Waals surface area (Å²) in [7, 11) is 0. The van der Waals surface area contributed by atoms with Gasteiger partial charge in [0.05, 0.1) is 11.5 Å². The van der Waals surface area contributed by atoms with Crippen molar-refractivity contribution in [2.45, 2.75) is 52.0 Å². The lowest BCUT2D eigenvalue weighted by Crippen LogP contribution is -2.46. The molecule has 1 saturated carbocycles. The molecule has 1 aliphatic heterocycles. The maximum absolute atomic E-state index is 12.7. The quantitative estimate of drug-likeness (QED) is 0.700. The molecule has 2 aliphatic rings. The van der Waals surface area contributed by atoms with Gasteiger partial charge >= 0.3 is 0 Å². The Hall–Kier alpha value is -1.31. The number of rotatable bonds is 3. The SMILES string of the molecule is C=CC(C)(C)C(=O)N1C=CC=C[C@H]1C1CCCCC1. The lowest BCUT2D eigenvalue weighted by Gasteiger charge is -2.39. The molecule has 0 bridgehead atoms. The van der Waals surface area contributed by atoms with Crippen molar-refractivity contribution in [3.05, 3.63) is 37.1 Å². The Morgan fingerprint density at radius 2 is 1.95 bits per heavy atom. The van der Waals surface area contributed by atoms with Gasteiger partial charge in [0.25, 0.3) is 0 Å². The van der Waals surface area contributed by atoms with E-state index in [1.165, 1.54) is 32.1 Å². The molecule has 1 fully saturated rings. The van der Waals surface area contributed by atoms with Gasteiger partial charge in [0, 0.05) is 6.20 Å². The molecule has 2 nitrogen and oxygen atoms in total. The highest BCUT2D eigenvalue weighted by Gasteiger charge is 2.35. The smallest absolute Gasteiger partial charge is 0.236 e. The number of hydrogen-bond acceptors (Lipinski definition) is 1. The van der Waals surface area contributed by atoms with Crippen molar-refractivity contribution >= 4 is 5.91 Å². The van der Waals surface area contributed by atoms with Crippen LogP contribution in [0.1, 0.15) is 46.0 Å². The lowest BCUT2D eigenvalue weighted by atomic mass is 9.81. The Balaban J connectivity index is 2.17. The summed E-state index contributed by atoms with van der Waals surface area (Å²) < 4.78 is 0. The third kappa shape index (κ3) is 2.99. The van der Waals surface area contributed by atoms with E-state index >= 15 is 0 Å². The van der Waals surface area contributed by atoms with E-state index in [4.69, 9.17) is 0 Å². The molecule has 104 valence electrons. The first-order valence-electron chi connectivity index (χ1n) is 7.37. The second-order valence-electron chi connectivity index (χ2n) is 6.25. The van der Waals surface area contributed by atoms with Crippen LogP contribution in [0.2, 0.25) is 0 Å². The second kappa shape index (κ2) is 5.77. The predicted octanol–water partition coefficient (Wildman–Crippen LogP) is 4.06. The molecule has 0 N–H and O–H groups in total. The Morgan fingerprint density at radius 3 is 2.58 bits per heavy atom. The molecule has 1 atom stereocenters. The monoisotopic (exact) mass is 259 g/mol. The van der Waals surface area contributed by atoms with Crippen molar-refractivity contribution in [1.29, 1.82) is 0 Å². The van der Waals surface area contributed by atoms with E-state index in [0.717, 1.165) is 0 Å². The highest BCUT2D eigenvalue weighted by atomic mass is 16.2. The van der Waals surface area contributed by atoms with Gasteiger partial charge in [-0.15, -0.1) is 6.58 Å². The van der Waals surface area contributed by atoms with Crippen molar-refractivity contribution in [1.82, 2.24) is 4.90 Å². The van der Waals surface area contributed by atoms with E-state index < -0.39 is 5.41 Å². The minimum Gasteiger partial charge on any atom is -0.311 e. The summed E-state index contributed by atoms with van der Waals surface area (Å²) in [4.78, 5) is 14.6. The second-order valence-corrected chi connectivity index (χ2v) is 6.25. The predicted molar refractivity (Wildman–Crippen MR) is 79.5 cm³/mol. The van der Waals surface area contributed by atoms with Gasteiger partial charge < -0.3 is 4.90 Å². The number of amides is 1. The Labute approximate surface area is 116 Å². The molecule has 0 unspecified atom stereocenters. The number of carbonyl (C=O) groups excluding carboxylic acids is 1. The minimum absolute atomic E-state index is 0.152. The molecule has 0 aromatic heterocycles. The van der Waals surface area contributed by atoms with Gasteiger partial charge in [-0.05, 0) is 38.7 Å². The van der Waals surface area contributed by atoms with E-state index in [9.17, 15) is 4.79 Å². The summed E-state index contributed by atoms with van der Waals surface area (Å²) in [6.45, 7) is 7.67. The van der Waals surface area contributed by atoms with E-state index in [-0.39, 0.29) is 11.9 Å². The van der Waals surface area contributed by atoms with E-state index in [2.05, 4.69) is 18.7 Å². The summed E-state index contributed by atoms with van der Waals surface area (Å²) >= 11 is 0. The maximum Gasteiger partial charge on any atom is 0.236 e. The molecule has 0 radical (unpaired) electrons. The molecule has 0 aromatic rings. The van der Waals surface area contributed by atoms with Crippen molar-refractivity contribution in [3.8, 4) is 0 Å². The maximum atomic E-state index is 12.7. The van der Waals surface area contributed by atoms with Crippen LogP contribution in [0.5, 0.6) is 0 Å². The number of nitrogens with zero attached hydrogens (tertiary/aromatic N) is 1. The molecule has 0 spiro atoms. The van der Waals surface area contributed by atoms with Crippen LogP contribution in [-0.2, 0) is 4.79 Å². The van der Waals surface area contributed by atoms with Gasteiger partial charge in [-0.1, -0.05) is 37.5 Å². The standard InChI is InChI=1S/C17H25NO/c1-4-17(2,3)16(19)18-13-9-8-12-15(18)14-10-6-5-7-11-14/h4,8-9,12-15H,1,5-7,10-11H2,2-3H3/t15-/m0/s1. The van der Waals surface area contributed by atoms with E-state index in [1.807, 2.05) is 31.0 Å². The fourth-order valence-electron chi connectivity index (χ4n) is 3.00. The van der Waals surface area contributed by atoms with Crippen LogP contribution in [0.4, 0.5) is 0 Å². The lowest BCUT2D eigenvalue weighted by molar-refractivity contribution is -0.137. The van der Waals surface area contributed by atoms with Crippen LogP contribution in [0.15, 0.2) is 37.1 Å². The number of allylic oxidation sites excluding steroid dienone is 2. The largest absolute Gasteiger partial charge is 0.311 e.